The van der Waals surface area contributed by atoms with Gasteiger partial charge in [0.15, 0.2) is 11.6 Å². The molecule has 0 radical (unpaired) electrons. The Bertz CT molecular complexity index is 1260. The van der Waals surface area contributed by atoms with Crippen molar-refractivity contribution in [1.29, 1.82) is 0 Å². The van der Waals surface area contributed by atoms with Crippen molar-refractivity contribution in [2.75, 3.05) is 37.5 Å². The topological polar surface area (TPSA) is 83.5 Å². The third-order valence-corrected chi connectivity index (χ3v) is 6.63. The first-order chi connectivity index (χ1) is 16.7. The molecule has 9 heteroatoms. The van der Waals surface area contributed by atoms with E-state index in [2.05, 4.69) is 20.3 Å². The van der Waals surface area contributed by atoms with E-state index < -0.39 is 5.82 Å². The summed E-state index contributed by atoms with van der Waals surface area (Å²) >= 11 is 0. The van der Waals surface area contributed by atoms with E-state index in [1.807, 2.05) is 45.0 Å². The van der Waals surface area contributed by atoms with Crippen molar-refractivity contribution in [3.8, 4) is 17.0 Å². The first kappa shape index (κ1) is 23.2. The van der Waals surface area contributed by atoms with Crippen LogP contribution in [0.5, 0.6) is 5.75 Å². The van der Waals surface area contributed by atoms with E-state index >= 15 is 0 Å². The quantitative estimate of drug-likeness (QED) is 0.592. The Morgan fingerprint density at radius 1 is 1.20 bits per heavy atom. The van der Waals surface area contributed by atoms with Gasteiger partial charge < -0.3 is 15.0 Å². The second-order valence-electron chi connectivity index (χ2n) is 9.91. The number of anilines is 3. The van der Waals surface area contributed by atoms with Gasteiger partial charge in [0.1, 0.15) is 5.82 Å². The Balaban J connectivity index is 1.35. The van der Waals surface area contributed by atoms with Gasteiger partial charge >= 0.3 is 0 Å². The first-order valence-corrected chi connectivity index (χ1v) is 11.7. The highest BCUT2D eigenvalue weighted by molar-refractivity contribution is 5.97. The number of hydrogen-bond donors (Lipinski definition) is 1. The molecule has 2 aliphatic rings. The van der Waals surface area contributed by atoms with Crippen LogP contribution >= 0.6 is 0 Å². The lowest BCUT2D eigenvalue weighted by molar-refractivity contribution is -0.124. The maximum Gasteiger partial charge on any atom is 0.244 e. The summed E-state index contributed by atoms with van der Waals surface area (Å²) in [7, 11) is 3.86. The normalized spacial score (nSPS) is 19.0. The molecule has 182 valence electrons. The summed E-state index contributed by atoms with van der Waals surface area (Å²) in [5.74, 6) is 0.918. The number of fused-ring (bicyclic) bond motifs is 1. The number of carbonyl (C=O) groups excluding carboxylic acids is 1. The fraction of sp³-hybridized carbons (Fsp3) is 0.385. The van der Waals surface area contributed by atoms with Crippen molar-refractivity contribution >= 4 is 23.4 Å². The Hall–Kier alpha value is -3.59. The van der Waals surface area contributed by atoms with Gasteiger partial charge in [-0.25, -0.2) is 19.3 Å². The Kier molecular flexibility index (Phi) is 5.88. The van der Waals surface area contributed by atoms with E-state index in [1.54, 1.807) is 29.4 Å². The third-order valence-electron chi connectivity index (χ3n) is 6.63. The molecular formula is C26H29FN6O2. The second kappa shape index (κ2) is 8.88. The van der Waals surface area contributed by atoms with E-state index in [-0.39, 0.29) is 17.4 Å². The van der Waals surface area contributed by atoms with E-state index in [0.29, 0.717) is 41.9 Å². The highest BCUT2D eigenvalue weighted by Gasteiger charge is 2.34. The molecule has 1 saturated heterocycles. The summed E-state index contributed by atoms with van der Waals surface area (Å²) in [4.78, 5) is 29.9. The zero-order chi connectivity index (χ0) is 24.7. The summed E-state index contributed by atoms with van der Waals surface area (Å²) in [6.45, 7) is 5.19. The average molecular weight is 477 g/mol. The predicted molar refractivity (Wildman–Crippen MR) is 133 cm³/mol. The van der Waals surface area contributed by atoms with Crippen molar-refractivity contribution in [3.05, 3.63) is 54.1 Å². The lowest BCUT2D eigenvalue weighted by atomic mass is 9.86. The monoisotopic (exact) mass is 476 g/mol. The van der Waals surface area contributed by atoms with Crippen molar-refractivity contribution in [3.63, 3.8) is 0 Å². The molecule has 2 aromatic heterocycles. The molecule has 1 amide bonds. The molecule has 3 aromatic rings. The molecule has 1 N–H and O–H groups in total. The number of amides is 1. The molecule has 1 atom stereocenters. The van der Waals surface area contributed by atoms with Crippen LogP contribution in [0.25, 0.3) is 11.3 Å². The van der Waals surface area contributed by atoms with Crippen molar-refractivity contribution in [1.82, 2.24) is 19.9 Å². The number of nitrogens with one attached hydrogen (secondary N) is 1. The van der Waals surface area contributed by atoms with Gasteiger partial charge in [-0.3, -0.25) is 9.69 Å². The molecule has 1 aromatic carbocycles. The summed E-state index contributed by atoms with van der Waals surface area (Å²) in [6.07, 6.45) is 5.11. The van der Waals surface area contributed by atoms with Crippen LogP contribution in [0, 0.1) is 5.82 Å². The standard InChI is InChI=1S/C26H29FN6O2/c1-26(2)15-35-23-18(26)12-16(13-19(23)27)20-9-10-28-25(30-20)31-22-8-7-17(14-29-22)33-11-5-6-21(24(33)34)32(3)4/h7-10,12-14,21H,5-6,11,15H2,1-4H3,(H,28,29,30,31). The van der Waals surface area contributed by atoms with Gasteiger partial charge in [0.2, 0.25) is 11.9 Å². The Morgan fingerprint density at radius 2 is 2.03 bits per heavy atom. The number of pyridine rings is 1. The molecule has 1 unspecified atom stereocenters. The summed E-state index contributed by atoms with van der Waals surface area (Å²) in [5.41, 5.74) is 2.58. The van der Waals surface area contributed by atoms with Crippen LogP contribution in [0.2, 0.25) is 0 Å². The highest BCUT2D eigenvalue weighted by atomic mass is 19.1. The van der Waals surface area contributed by atoms with Gasteiger partial charge in [0.25, 0.3) is 0 Å². The number of piperidine rings is 1. The maximum absolute atomic E-state index is 14.7. The second-order valence-corrected chi connectivity index (χ2v) is 9.91. The molecule has 2 aliphatic heterocycles. The number of ether oxygens (including phenoxy) is 1. The molecule has 5 rings (SSSR count). The van der Waals surface area contributed by atoms with Crippen LogP contribution in [0.15, 0.2) is 42.7 Å². The zero-order valence-electron chi connectivity index (χ0n) is 20.4. The van der Waals surface area contributed by atoms with E-state index in [1.165, 1.54) is 6.07 Å². The van der Waals surface area contributed by atoms with E-state index in [0.717, 1.165) is 24.1 Å². The zero-order valence-corrected chi connectivity index (χ0v) is 20.4. The molecular weight excluding hydrogens is 447 g/mol. The number of nitrogens with zero attached hydrogens (tertiary/aromatic N) is 5. The number of halogens is 1. The Morgan fingerprint density at radius 3 is 2.77 bits per heavy atom. The molecule has 0 spiro atoms. The minimum atomic E-state index is -0.391. The summed E-state index contributed by atoms with van der Waals surface area (Å²) < 4.78 is 20.3. The van der Waals surface area contributed by atoms with Gasteiger partial charge in [0.05, 0.1) is 30.2 Å². The fourth-order valence-electron chi connectivity index (χ4n) is 4.63. The molecule has 4 heterocycles. The van der Waals surface area contributed by atoms with Crippen LogP contribution in [0.3, 0.4) is 0 Å². The van der Waals surface area contributed by atoms with Crippen LogP contribution in [-0.4, -0.2) is 59.0 Å². The van der Waals surface area contributed by atoms with Gasteiger partial charge in [-0.15, -0.1) is 0 Å². The number of benzene rings is 1. The van der Waals surface area contributed by atoms with Crippen LogP contribution in [0.4, 0.5) is 21.8 Å². The van der Waals surface area contributed by atoms with E-state index in [9.17, 15) is 9.18 Å². The number of aromatic nitrogens is 3. The van der Waals surface area contributed by atoms with Crippen LogP contribution in [0.1, 0.15) is 32.3 Å². The SMILES string of the molecule is CN(C)C1CCCN(c2ccc(Nc3nccc(-c4cc(F)c5c(c4)C(C)(C)CO5)n3)nc2)C1=O. The number of hydrogen-bond acceptors (Lipinski definition) is 7. The summed E-state index contributed by atoms with van der Waals surface area (Å²) in [5, 5.41) is 3.10. The largest absolute Gasteiger partial charge is 0.489 e. The number of carbonyl (C=O) groups is 1. The lowest BCUT2D eigenvalue weighted by Crippen LogP contribution is -2.50. The van der Waals surface area contributed by atoms with Crippen molar-refractivity contribution in [2.45, 2.75) is 38.1 Å². The molecule has 0 bridgehead atoms. The van der Waals surface area contributed by atoms with Crippen molar-refractivity contribution in [2.24, 2.45) is 0 Å². The summed E-state index contributed by atoms with van der Waals surface area (Å²) in [6, 6.07) is 8.67. The van der Waals surface area contributed by atoms with Crippen LogP contribution < -0.4 is 15.0 Å². The fourth-order valence-corrected chi connectivity index (χ4v) is 4.63. The van der Waals surface area contributed by atoms with Crippen molar-refractivity contribution < 1.29 is 13.9 Å². The highest BCUT2D eigenvalue weighted by Crippen LogP contribution is 2.42. The molecule has 1 fully saturated rings. The minimum absolute atomic E-state index is 0.0925. The van der Waals surface area contributed by atoms with Gasteiger partial charge in [-0.05, 0) is 57.3 Å². The smallest absolute Gasteiger partial charge is 0.244 e. The molecule has 0 aliphatic carbocycles. The van der Waals surface area contributed by atoms with Gasteiger partial charge in [-0.2, -0.15) is 0 Å². The predicted octanol–water partition coefficient (Wildman–Crippen LogP) is 4.15. The number of likely N-dealkylation sites (N-methyl/N-ethyl adjacent to an activating group) is 1. The van der Waals surface area contributed by atoms with Crippen LogP contribution in [-0.2, 0) is 10.2 Å². The average Bonchev–Trinajstić information content (AvgIpc) is 3.15. The molecule has 8 nitrogen and oxygen atoms in total. The minimum Gasteiger partial charge on any atom is -0.489 e. The molecule has 35 heavy (non-hydrogen) atoms. The molecule has 0 saturated carbocycles. The third kappa shape index (κ3) is 4.43. The van der Waals surface area contributed by atoms with Gasteiger partial charge in [0, 0.05) is 29.3 Å². The number of rotatable bonds is 5. The Labute approximate surface area is 204 Å². The van der Waals surface area contributed by atoms with E-state index in [4.69, 9.17) is 4.74 Å². The maximum atomic E-state index is 14.7. The van der Waals surface area contributed by atoms with Gasteiger partial charge in [-0.1, -0.05) is 13.8 Å². The first-order valence-electron chi connectivity index (χ1n) is 11.7. The lowest BCUT2D eigenvalue weighted by Gasteiger charge is -2.35.